The van der Waals surface area contributed by atoms with Crippen LogP contribution in [0.5, 0.6) is 0 Å². The van der Waals surface area contributed by atoms with E-state index in [2.05, 4.69) is 0 Å². The van der Waals surface area contributed by atoms with Crippen molar-refractivity contribution in [1.82, 2.24) is 19.5 Å². The molecule has 3 heterocycles. The number of thiophene rings is 1. The Bertz CT molecular complexity index is 3590. The number of hydrogen-bond acceptors (Lipinski definition) is 4. The normalized spacial score (nSPS) is 15.8. The molecule has 10 aromatic rings. The van der Waals surface area contributed by atoms with Crippen molar-refractivity contribution in [2.24, 2.45) is 0 Å². The zero-order valence-corrected chi connectivity index (χ0v) is 26.5. The molecule has 10 rings (SSSR count). The SMILES string of the molecule is [2H]c1c([2H])c([2H])c2c(sc3c([2H])c([2H])c(-c4ccc(-c5nc(-c6ccccc6)nc(-c6ccccc6)n5)c(-n5c6c([2H])c([2H])c([2H])c([2H])c6c6c([2H])c([2H])c([2H])c([2H])c65)c4)c([2H])c32)c1[2H]. The number of para-hydroxylation sites is 2. The quantitative estimate of drug-likeness (QED) is 0.183. The summed E-state index contributed by atoms with van der Waals surface area (Å²) in [4.78, 5) is 14.6. The third kappa shape index (κ3) is 4.71. The van der Waals surface area contributed by atoms with E-state index in [0.29, 0.717) is 11.1 Å². The highest BCUT2D eigenvalue weighted by molar-refractivity contribution is 7.25. The molecule has 0 amide bonds. The molecule has 0 aliphatic heterocycles. The van der Waals surface area contributed by atoms with E-state index < -0.39 is 72.5 Å². The van der Waals surface area contributed by atoms with E-state index in [1.54, 1.807) is 12.1 Å². The van der Waals surface area contributed by atoms with E-state index in [4.69, 9.17) is 30.0 Å². The Morgan fingerprint density at radius 2 is 1.02 bits per heavy atom. The summed E-state index contributed by atoms with van der Waals surface area (Å²) >= 11 is 0.889. The Labute approximate surface area is 313 Å². The lowest BCUT2D eigenvalue weighted by molar-refractivity contribution is 1.06. The number of aromatic nitrogens is 4. The van der Waals surface area contributed by atoms with Crippen LogP contribution in [-0.4, -0.2) is 19.5 Å². The molecule has 0 fully saturated rings. The van der Waals surface area contributed by atoms with Gasteiger partial charge >= 0.3 is 0 Å². The highest BCUT2D eigenvalue weighted by Gasteiger charge is 2.20. The predicted octanol–water partition coefficient (Wildman–Crippen LogP) is 12.0. The van der Waals surface area contributed by atoms with Crippen LogP contribution >= 0.6 is 11.3 Å². The summed E-state index contributed by atoms with van der Waals surface area (Å²) in [7, 11) is 0. The van der Waals surface area contributed by atoms with Crippen molar-refractivity contribution in [2.75, 3.05) is 0 Å². The van der Waals surface area contributed by atoms with E-state index in [9.17, 15) is 5.48 Å². The summed E-state index contributed by atoms with van der Waals surface area (Å²) in [6.07, 6.45) is 0. The fourth-order valence-corrected chi connectivity index (χ4v) is 7.02. The Hall–Kier alpha value is -6.43. The number of nitrogens with zero attached hydrogens (tertiary/aromatic N) is 4. The van der Waals surface area contributed by atoms with Gasteiger partial charge in [-0.2, -0.15) is 0 Å². The van der Waals surface area contributed by atoms with Crippen LogP contribution in [0.15, 0.2) is 169 Å². The minimum absolute atomic E-state index is 0.0179. The maximum Gasteiger partial charge on any atom is 0.166 e. The summed E-state index contributed by atoms with van der Waals surface area (Å²) in [5, 5.41) is -0.308. The molecule has 3 aromatic heterocycles. The molecule has 7 aromatic carbocycles. The lowest BCUT2D eigenvalue weighted by atomic mass is 9.99. The van der Waals surface area contributed by atoms with Crippen molar-refractivity contribution in [1.29, 1.82) is 0 Å². The average Bonchev–Trinajstić information content (AvgIpc) is 3.91. The van der Waals surface area contributed by atoms with Gasteiger partial charge in [-0.1, -0.05) is 127 Å². The van der Waals surface area contributed by atoms with E-state index in [1.807, 2.05) is 60.7 Å². The van der Waals surface area contributed by atoms with Gasteiger partial charge in [-0.3, -0.25) is 0 Å². The fourth-order valence-electron chi connectivity index (χ4n) is 6.10. The molecule has 50 heavy (non-hydrogen) atoms. The monoisotopic (exact) mass is 671 g/mol. The molecule has 0 N–H and O–H groups in total. The number of hydrogen-bond donors (Lipinski definition) is 0. The largest absolute Gasteiger partial charge is 0.308 e. The first-order chi connectivity index (χ1) is 31.0. The summed E-state index contributed by atoms with van der Waals surface area (Å²) in [6, 6.07) is 15.2. The lowest BCUT2D eigenvalue weighted by Crippen LogP contribution is -2.04. The van der Waals surface area contributed by atoms with Crippen LogP contribution in [-0.2, 0) is 0 Å². The zero-order chi connectivity index (χ0) is 46.1. The molecular formula is C45H28N4S. The van der Waals surface area contributed by atoms with Crippen LogP contribution in [0.1, 0.15) is 20.6 Å². The van der Waals surface area contributed by atoms with Crippen molar-refractivity contribution in [2.45, 2.75) is 0 Å². The molecule has 0 unspecified atom stereocenters. The van der Waals surface area contributed by atoms with Crippen molar-refractivity contribution in [3.63, 3.8) is 0 Å². The molecule has 0 radical (unpaired) electrons. The number of fused-ring (bicyclic) bond motifs is 6. The molecule has 0 atom stereocenters. The second-order valence-corrected chi connectivity index (χ2v) is 12.3. The second-order valence-electron chi connectivity index (χ2n) is 11.3. The summed E-state index contributed by atoms with van der Waals surface area (Å²) in [5.41, 5.74) is 1.05. The molecule has 0 aliphatic carbocycles. The van der Waals surface area contributed by atoms with Crippen LogP contribution in [0.4, 0.5) is 0 Å². The molecule has 0 saturated carbocycles. The van der Waals surface area contributed by atoms with Gasteiger partial charge in [-0.05, 0) is 53.5 Å². The van der Waals surface area contributed by atoms with E-state index >= 15 is 0 Å². The molecule has 4 nitrogen and oxygen atoms in total. The maximum absolute atomic E-state index is 9.61. The molecule has 0 bridgehead atoms. The van der Waals surface area contributed by atoms with Crippen LogP contribution in [0.3, 0.4) is 0 Å². The van der Waals surface area contributed by atoms with Crippen LogP contribution in [0, 0.1) is 0 Å². The third-order valence-electron chi connectivity index (χ3n) is 8.39. The highest BCUT2D eigenvalue weighted by atomic mass is 32.1. The van der Waals surface area contributed by atoms with Gasteiger partial charge in [0.2, 0.25) is 0 Å². The number of benzene rings is 7. The first-order valence-corrected chi connectivity index (χ1v) is 16.3. The summed E-state index contributed by atoms with van der Waals surface area (Å²) in [5.74, 6) is 0.566. The van der Waals surface area contributed by atoms with E-state index in [0.717, 1.165) is 11.3 Å². The first-order valence-electron chi connectivity index (χ1n) is 23.0. The van der Waals surface area contributed by atoms with Gasteiger partial charge in [0.25, 0.3) is 0 Å². The van der Waals surface area contributed by atoms with Crippen LogP contribution in [0.2, 0.25) is 0 Å². The van der Waals surface area contributed by atoms with Crippen molar-refractivity contribution in [3.05, 3.63) is 169 Å². The topological polar surface area (TPSA) is 43.6 Å². The third-order valence-corrected chi connectivity index (χ3v) is 9.41. The number of rotatable bonds is 5. The van der Waals surface area contributed by atoms with Gasteiger partial charge in [0.05, 0.1) is 37.3 Å². The first kappa shape index (κ1) is 17.3. The summed E-state index contributed by atoms with van der Waals surface area (Å²) in [6.45, 7) is 0. The van der Waals surface area contributed by atoms with Crippen molar-refractivity contribution < 1.29 is 20.6 Å². The van der Waals surface area contributed by atoms with Gasteiger partial charge in [0.1, 0.15) is 0 Å². The van der Waals surface area contributed by atoms with E-state index in [-0.39, 0.29) is 100.0 Å². The molecule has 0 spiro atoms. The Morgan fingerprint density at radius 3 is 1.68 bits per heavy atom. The molecular weight excluding hydrogens is 629 g/mol. The standard InChI is InChI=1S/C45H28N4S/c1-3-13-29(14-4-1)43-46-44(30-15-5-2-6-16-30)48-45(47-43)36-25-23-32(31-24-26-42-37(27-31)35-19-9-12-22-41(35)50-42)28-40(36)49-38-20-10-7-17-33(38)34-18-8-11-21-39(34)49/h1-28H/i7D,8D,9D,10D,11D,12D,17D,18D,19D,20D,21D,22D,24D,26D,27D. The van der Waals surface area contributed by atoms with Gasteiger partial charge in [0, 0.05) is 47.6 Å². The van der Waals surface area contributed by atoms with Crippen LogP contribution < -0.4 is 0 Å². The second kappa shape index (κ2) is 11.6. The Balaban J connectivity index is 1.40. The van der Waals surface area contributed by atoms with Crippen molar-refractivity contribution in [3.8, 4) is 51.0 Å². The lowest BCUT2D eigenvalue weighted by Gasteiger charge is -2.16. The molecule has 0 aliphatic rings. The van der Waals surface area contributed by atoms with Crippen molar-refractivity contribution >= 4 is 53.3 Å². The maximum atomic E-state index is 9.61. The van der Waals surface area contributed by atoms with Crippen LogP contribution in [0.25, 0.3) is 93.0 Å². The van der Waals surface area contributed by atoms with E-state index in [1.165, 1.54) is 10.6 Å². The average molecular weight is 672 g/mol. The smallest absolute Gasteiger partial charge is 0.166 e. The molecule has 234 valence electrons. The summed E-state index contributed by atoms with van der Waals surface area (Å²) < 4.78 is 135. The Morgan fingerprint density at radius 1 is 0.460 bits per heavy atom. The Kier molecular flexibility index (Phi) is 4.02. The van der Waals surface area contributed by atoms with Gasteiger partial charge in [-0.15, -0.1) is 11.3 Å². The molecule has 0 saturated heterocycles. The zero-order valence-electron chi connectivity index (χ0n) is 40.7. The highest BCUT2D eigenvalue weighted by Crippen LogP contribution is 2.40. The fraction of sp³-hybridized carbons (Fsp3) is 0. The molecule has 5 heteroatoms. The minimum atomic E-state index is -0.641. The predicted molar refractivity (Wildman–Crippen MR) is 209 cm³/mol. The minimum Gasteiger partial charge on any atom is -0.308 e. The van der Waals surface area contributed by atoms with Gasteiger partial charge in [0.15, 0.2) is 17.5 Å². The van der Waals surface area contributed by atoms with Gasteiger partial charge < -0.3 is 4.57 Å². The van der Waals surface area contributed by atoms with Gasteiger partial charge in [-0.25, -0.2) is 15.0 Å².